The molecule has 2 heteroatoms. The van der Waals surface area contributed by atoms with E-state index in [9.17, 15) is 5.11 Å². The molecule has 2 nitrogen and oxygen atoms in total. The van der Waals surface area contributed by atoms with Crippen molar-refractivity contribution in [1.29, 1.82) is 0 Å². The SMILES string of the molecule is CN1[C@H](c2ccccc2)CC(O)(C#Cc2ccccc2)C[C@H]1c1ccccc1. The fourth-order valence-corrected chi connectivity index (χ4v) is 4.10. The fourth-order valence-electron chi connectivity index (χ4n) is 4.10. The summed E-state index contributed by atoms with van der Waals surface area (Å²) in [5, 5.41) is 11.5. The lowest BCUT2D eigenvalue weighted by Gasteiger charge is -2.46. The first-order valence-electron chi connectivity index (χ1n) is 9.77. The minimum atomic E-state index is -1.04. The summed E-state index contributed by atoms with van der Waals surface area (Å²) in [7, 11) is 2.15. The van der Waals surface area contributed by atoms with Crippen LogP contribution in [0.1, 0.15) is 41.6 Å². The average molecular weight is 367 g/mol. The van der Waals surface area contributed by atoms with E-state index in [4.69, 9.17) is 0 Å². The van der Waals surface area contributed by atoms with Crippen molar-refractivity contribution < 1.29 is 5.11 Å². The number of aliphatic hydroxyl groups is 1. The van der Waals surface area contributed by atoms with Gasteiger partial charge in [-0.15, -0.1) is 0 Å². The van der Waals surface area contributed by atoms with Crippen LogP contribution in [0, 0.1) is 11.8 Å². The Balaban J connectivity index is 1.72. The molecule has 0 bridgehead atoms. The molecule has 3 aromatic carbocycles. The fraction of sp³-hybridized carbons (Fsp3) is 0.231. The molecule has 0 radical (unpaired) electrons. The lowest BCUT2D eigenvalue weighted by Crippen LogP contribution is -2.45. The van der Waals surface area contributed by atoms with Crippen LogP contribution >= 0.6 is 0 Å². The van der Waals surface area contributed by atoms with Crippen LogP contribution in [0.3, 0.4) is 0 Å². The molecular formula is C26H25NO. The Bertz CT molecular complexity index is 907. The van der Waals surface area contributed by atoms with Gasteiger partial charge in [0.15, 0.2) is 0 Å². The maximum atomic E-state index is 11.5. The van der Waals surface area contributed by atoms with Gasteiger partial charge in [-0.2, -0.15) is 0 Å². The molecule has 0 saturated carbocycles. The zero-order valence-corrected chi connectivity index (χ0v) is 16.1. The van der Waals surface area contributed by atoms with Gasteiger partial charge in [-0.25, -0.2) is 0 Å². The van der Waals surface area contributed by atoms with E-state index in [2.05, 4.69) is 72.3 Å². The normalized spacial score (nSPS) is 24.9. The van der Waals surface area contributed by atoms with Gasteiger partial charge in [-0.05, 0) is 30.3 Å². The first-order valence-corrected chi connectivity index (χ1v) is 9.77. The number of hydrogen-bond donors (Lipinski definition) is 1. The summed E-state index contributed by atoms with van der Waals surface area (Å²) in [6, 6.07) is 31.0. The summed E-state index contributed by atoms with van der Waals surface area (Å²) < 4.78 is 0. The van der Waals surface area contributed by atoms with Crippen LogP contribution in [0.5, 0.6) is 0 Å². The molecule has 0 amide bonds. The summed E-state index contributed by atoms with van der Waals surface area (Å²) in [5.74, 6) is 6.41. The van der Waals surface area contributed by atoms with E-state index in [-0.39, 0.29) is 12.1 Å². The van der Waals surface area contributed by atoms with Crippen molar-refractivity contribution in [1.82, 2.24) is 4.90 Å². The van der Waals surface area contributed by atoms with Crippen LogP contribution in [0.25, 0.3) is 0 Å². The number of nitrogens with zero attached hydrogens (tertiary/aromatic N) is 1. The van der Waals surface area contributed by atoms with Gasteiger partial charge < -0.3 is 5.11 Å². The highest BCUT2D eigenvalue weighted by Crippen LogP contribution is 2.44. The number of benzene rings is 3. The van der Waals surface area contributed by atoms with Gasteiger partial charge in [-0.1, -0.05) is 90.7 Å². The zero-order valence-electron chi connectivity index (χ0n) is 16.1. The topological polar surface area (TPSA) is 23.5 Å². The van der Waals surface area contributed by atoms with Crippen LogP contribution in [-0.2, 0) is 0 Å². The number of likely N-dealkylation sites (tertiary alicyclic amines) is 1. The summed E-state index contributed by atoms with van der Waals surface area (Å²) >= 11 is 0. The molecule has 1 aliphatic rings. The maximum absolute atomic E-state index is 11.5. The molecule has 140 valence electrons. The standard InChI is InChI=1S/C26H25NO/c1-27-24(22-13-7-3-8-14-22)19-26(28,18-17-21-11-5-2-6-12-21)20-25(27)23-15-9-4-10-16-23/h2-16,24-25,28H,19-20H2,1H3/t24-,25-/m0/s1. The van der Waals surface area contributed by atoms with E-state index >= 15 is 0 Å². The number of rotatable bonds is 2. The molecule has 1 saturated heterocycles. The molecule has 0 unspecified atom stereocenters. The summed E-state index contributed by atoms with van der Waals surface area (Å²) in [4.78, 5) is 2.38. The predicted molar refractivity (Wildman–Crippen MR) is 114 cm³/mol. The van der Waals surface area contributed by atoms with Crippen molar-refractivity contribution in [3.8, 4) is 11.8 Å². The van der Waals surface area contributed by atoms with Gasteiger partial charge in [0.1, 0.15) is 5.60 Å². The Morgan fingerprint density at radius 1 is 0.750 bits per heavy atom. The molecule has 0 aromatic heterocycles. The third-order valence-electron chi connectivity index (χ3n) is 5.63. The Hall–Kier alpha value is -2.86. The minimum Gasteiger partial charge on any atom is -0.377 e. The van der Waals surface area contributed by atoms with Crippen molar-refractivity contribution in [3.63, 3.8) is 0 Å². The van der Waals surface area contributed by atoms with E-state index < -0.39 is 5.60 Å². The van der Waals surface area contributed by atoms with Crippen LogP contribution in [0.15, 0.2) is 91.0 Å². The van der Waals surface area contributed by atoms with Gasteiger partial charge in [0.2, 0.25) is 0 Å². The largest absolute Gasteiger partial charge is 0.377 e. The van der Waals surface area contributed by atoms with Crippen LogP contribution in [0.4, 0.5) is 0 Å². The Labute approximate surface area is 167 Å². The monoisotopic (exact) mass is 367 g/mol. The first kappa shape index (κ1) is 18.5. The Morgan fingerprint density at radius 3 is 1.64 bits per heavy atom. The average Bonchev–Trinajstić information content (AvgIpc) is 2.76. The van der Waals surface area contributed by atoms with Crippen molar-refractivity contribution >= 4 is 0 Å². The lowest BCUT2D eigenvalue weighted by molar-refractivity contribution is -0.0299. The van der Waals surface area contributed by atoms with Crippen molar-refractivity contribution in [2.75, 3.05) is 7.05 Å². The molecule has 0 aliphatic carbocycles. The molecule has 3 aromatic rings. The van der Waals surface area contributed by atoms with Crippen molar-refractivity contribution in [3.05, 3.63) is 108 Å². The second-order valence-electron chi connectivity index (χ2n) is 7.57. The zero-order chi connectivity index (χ0) is 19.4. The molecule has 1 fully saturated rings. The second-order valence-corrected chi connectivity index (χ2v) is 7.57. The van der Waals surface area contributed by atoms with E-state index in [0.29, 0.717) is 12.8 Å². The summed E-state index contributed by atoms with van der Waals surface area (Å²) in [6.07, 6.45) is 1.19. The van der Waals surface area contributed by atoms with E-state index in [1.807, 2.05) is 42.5 Å². The third-order valence-corrected chi connectivity index (χ3v) is 5.63. The van der Waals surface area contributed by atoms with Gasteiger partial charge in [0, 0.05) is 30.5 Å². The Kier molecular flexibility index (Phi) is 5.30. The third kappa shape index (κ3) is 4.02. The smallest absolute Gasteiger partial charge is 0.129 e. The van der Waals surface area contributed by atoms with Crippen LogP contribution in [-0.4, -0.2) is 22.7 Å². The molecule has 1 N–H and O–H groups in total. The molecular weight excluding hydrogens is 342 g/mol. The van der Waals surface area contributed by atoms with Gasteiger partial charge >= 0.3 is 0 Å². The minimum absolute atomic E-state index is 0.107. The highest BCUT2D eigenvalue weighted by molar-refractivity contribution is 5.37. The van der Waals surface area contributed by atoms with Crippen LogP contribution < -0.4 is 0 Å². The lowest BCUT2D eigenvalue weighted by atomic mass is 9.78. The highest BCUT2D eigenvalue weighted by atomic mass is 16.3. The summed E-state index contributed by atoms with van der Waals surface area (Å²) in [6.45, 7) is 0. The van der Waals surface area contributed by atoms with Crippen molar-refractivity contribution in [2.45, 2.75) is 30.5 Å². The van der Waals surface area contributed by atoms with Gasteiger partial charge in [-0.3, -0.25) is 4.90 Å². The number of piperidine rings is 1. The van der Waals surface area contributed by atoms with Gasteiger partial charge in [0.05, 0.1) is 0 Å². The van der Waals surface area contributed by atoms with Crippen LogP contribution in [0.2, 0.25) is 0 Å². The summed E-state index contributed by atoms with van der Waals surface area (Å²) in [5.41, 5.74) is 2.32. The maximum Gasteiger partial charge on any atom is 0.129 e. The predicted octanol–water partition coefficient (Wildman–Crippen LogP) is 4.98. The quantitative estimate of drug-likeness (QED) is 0.646. The molecule has 4 rings (SSSR count). The second kappa shape index (κ2) is 8.02. The van der Waals surface area contributed by atoms with E-state index in [0.717, 1.165) is 5.56 Å². The Morgan fingerprint density at radius 2 is 1.18 bits per heavy atom. The van der Waals surface area contributed by atoms with E-state index in [1.54, 1.807) is 0 Å². The highest BCUT2D eigenvalue weighted by Gasteiger charge is 2.42. The molecule has 1 heterocycles. The molecule has 1 aliphatic heterocycles. The van der Waals surface area contributed by atoms with Crippen molar-refractivity contribution in [2.24, 2.45) is 0 Å². The van der Waals surface area contributed by atoms with E-state index in [1.165, 1.54) is 11.1 Å². The molecule has 28 heavy (non-hydrogen) atoms. The van der Waals surface area contributed by atoms with Gasteiger partial charge in [0.25, 0.3) is 0 Å². The molecule has 0 spiro atoms. The number of hydrogen-bond acceptors (Lipinski definition) is 2. The molecule has 2 atom stereocenters. The first-order chi connectivity index (χ1) is 13.6.